The normalized spacial score (nSPS) is 14.7. The molecule has 204 valence electrons. The molecule has 2 aromatic heterocycles. The molecule has 0 unspecified atom stereocenters. The van der Waals surface area contributed by atoms with Gasteiger partial charge < -0.3 is 24.8 Å². The van der Waals surface area contributed by atoms with E-state index < -0.39 is 0 Å². The van der Waals surface area contributed by atoms with Crippen LogP contribution < -0.4 is 10.1 Å². The molecule has 1 N–H and O–H groups in total. The van der Waals surface area contributed by atoms with Crippen molar-refractivity contribution in [3.8, 4) is 16.9 Å². The highest BCUT2D eigenvalue weighted by atomic mass is 32.1. The van der Waals surface area contributed by atoms with Crippen LogP contribution in [-0.2, 0) is 4.79 Å². The minimum absolute atomic E-state index is 0.000350. The van der Waals surface area contributed by atoms with Crippen LogP contribution in [0.25, 0.3) is 21.2 Å². The van der Waals surface area contributed by atoms with Gasteiger partial charge >= 0.3 is 0 Å². The van der Waals surface area contributed by atoms with Gasteiger partial charge in [0.05, 0.1) is 18.2 Å². The van der Waals surface area contributed by atoms with E-state index in [0.717, 1.165) is 64.1 Å². The van der Waals surface area contributed by atoms with Gasteiger partial charge in [-0.25, -0.2) is 0 Å². The molecule has 2 amide bonds. The smallest absolute Gasteiger partial charge is 0.264 e. The van der Waals surface area contributed by atoms with Crippen LogP contribution in [0.15, 0.2) is 36.7 Å². The Bertz CT molecular complexity index is 1270. The van der Waals surface area contributed by atoms with E-state index in [1.54, 1.807) is 20.4 Å². The predicted molar refractivity (Wildman–Crippen MR) is 154 cm³/mol. The number of amides is 2. The molecule has 0 aliphatic carbocycles. The minimum atomic E-state index is -0.0563. The number of fused-ring (bicyclic) bond motifs is 1. The molecule has 0 atom stereocenters. The molecule has 1 fully saturated rings. The van der Waals surface area contributed by atoms with Crippen LogP contribution in [0.4, 0.5) is 0 Å². The number of thiophene rings is 1. The van der Waals surface area contributed by atoms with E-state index in [0.29, 0.717) is 31.3 Å². The number of aromatic nitrogens is 1. The zero-order valence-corrected chi connectivity index (χ0v) is 23.9. The first-order chi connectivity index (χ1) is 18.3. The fourth-order valence-electron chi connectivity index (χ4n) is 5.03. The highest BCUT2D eigenvalue weighted by molar-refractivity contribution is 7.21. The van der Waals surface area contributed by atoms with Gasteiger partial charge in [-0.15, -0.1) is 11.3 Å². The van der Waals surface area contributed by atoms with E-state index in [9.17, 15) is 9.59 Å². The summed E-state index contributed by atoms with van der Waals surface area (Å²) in [6.07, 6.45) is 6.08. The van der Waals surface area contributed by atoms with E-state index in [2.05, 4.69) is 52.4 Å². The second kappa shape index (κ2) is 12.7. The number of methoxy groups -OCH3 is 1. The molecule has 1 aliphatic rings. The lowest BCUT2D eigenvalue weighted by Gasteiger charge is -2.36. The monoisotopic (exact) mass is 537 g/mol. The third-order valence-electron chi connectivity index (χ3n) is 7.56. The van der Waals surface area contributed by atoms with Gasteiger partial charge in [-0.05, 0) is 81.7 Å². The zero-order chi connectivity index (χ0) is 27.2. The largest absolute Gasteiger partial charge is 0.495 e. The first-order valence-electron chi connectivity index (χ1n) is 13.2. The molecular formula is C29H39N5O3S. The van der Waals surface area contributed by atoms with Crippen LogP contribution in [0.2, 0.25) is 0 Å². The van der Waals surface area contributed by atoms with Crippen LogP contribution in [-0.4, -0.2) is 98.5 Å². The van der Waals surface area contributed by atoms with E-state index >= 15 is 0 Å². The number of carbonyl (C=O) groups excluding carboxylic acids is 2. The molecule has 8 nitrogen and oxygen atoms in total. The molecule has 3 aromatic rings. The van der Waals surface area contributed by atoms with Crippen molar-refractivity contribution in [3.05, 3.63) is 47.1 Å². The van der Waals surface area contributed by atoms with Crippen LogP contribution in [0.1, 0.15) is 34.5 Å². The standard InChI is InChI=1S/C29H39N5O3S/c1-20-25-17-21(22-16-24(37-5)19-31-18-22)6-7-26(25)38-28(20)29(36)34(13-10-27(35)30-2)15-14-33-11-8-23(9-12-33)32(3)4/h6-7,16-19,23H,8-15H2,1-5H3,(H,30,35). The van der Waals surface area contributed by atoms with Crippen LogP contribution >= 0.6 is 11.3 Å². The van der Waals surface area contributed by atoms with Crippen molar-refractivity contribution in [1.29, 1.82) is 0 Å². The summed E-state index contributed by atoms with van der Waals surface area (Å²) < 4.78 is 6.41. The molecule has 1 aromatic carbocycles. The summed E-state index contributed by atoms with van der Waals surface area (Å²) in [5, 5.41) is 3.74. The molecule has 1 saturated heterocycles. The van der Waals surface area contributed by atoms with Crippen molar-refractivity contribution in [3.63, 3.8) is 0 Å². The third-order valence-corrected chi connectivity index (χ3v) is 8.82. The summed E-state index contributed by atoms with van der Waals surface area (Å²) in [6, 6.07) is 8.84. The second-order valence-corrected chi connectivity index (χ2v) is 11.2. The Balaban J connectivity index is 1.53. The SMILES string of the molecule is CNC(=O)CCN(CCN1CCC(N(C)C)CC1)C(=O)c1sc2ccc(-c3cncc(OC)c3)cc2c1C. The number of pyridine rings is 1. The molecule has 0 bridgehead atoms. The van der Waals surface area contributed by atoms with E-state index in [1.807, 2.05) is 24.1 Å². The fraction of sp³-hybridized carbons (Fsp3) is 0.483. The van der Waals surface area contributed by atoms with E-state index in [1.165, 1.54) is 11.3 Å². The van der Waals surface area contributed by atoms with Crippen molar-refractivity contribution in [2.45, 2.75) is 32.2 Å². The molecule has 4 rings (SSSR count). The lowest BCUT2D eigenvalue weighted by atomic mass is 10.0. The van der Waals surface area contributed by atoms with Crippen LogP contribution in [0.5, 0.6) is 5.75 Å². The molecular weight excluding hydrogens is 498 g/mol. The average Bonchev–Trinajstić information content (AvgIpc) is 3.28. The number of nitrogens with one attached hydrogen (secondary N) is 1. The first-order valence-corrected chi connectivity index (χ1v) is 14.0. The Hall–Kier alpha value is -3.01. The summed E-state index contributed by atoms with van der Waals surface area (Å²) in [6.45, 7) is 5.91. The van der Waals surface area contributed by atoms with Gasteiger partial charge in [-0.1, -0.05) is 6.07 Å². The van der Waals surface area contributed by atoms with Gasteiger partial charge in [0.1, 0.15) is 5.75 Å². The number of hydrogen-bond acceptors (Lipinski definition) is 7. The van der Waals surface area contributed by atoms with Crippen molar-refractivity contribution >= 4 is 33.2 Å². The molecule has 1 aliphatic heterocycles. The molecule has 9 heteroatoms. The Morgan fingerprint density at radius 1 is 1.13 bits per heavy atom. The number of likely N-dealkylation sites (tertiary alicyclic amines) is 1. The number of carbonyl (C=O) groups is 2. The Morgan fingerprint density at radius 3 is 2.58 bits per heavy atom. The summed E-state index contributed by atoms with van der Waals surface area (Å²) in [7, 11) is 7.55. The van der Waals surface area contributed by atoms with Gasteiger partial charge in [0.2, 0.25) is 5.91 Å². The van der Waals surface area contributed by atoms with Gasteiger partial charge in [0.15, 0.2) is 0 Å². The Morgan fingerprint density at radius 2 is 1.89 bits per heavy atom. The maximum atomic E-state index is 13.8. The minimum Gasteiger partial charge on any atom is -0.495 e. The number of aryl methyl sites for hydroxylation is 1. The maximum Gasteiger partial charge on any atom is 0.264 e. The number of piperidine rings is 1. The Kier molecular flexibility index (Phi) is 9.35. The number of rotatable bonds is 10. The molecule has 38 heavy (non-hydrogen) atoms. The van der Waals surface area contributed by atoms with Crippen molar-refractivity contribution in [2.24, 2.45) is 0 Å². The summed E-state index contributed by atoms with van der Waals surface area (Å²) in [5.41, 5.74) is 2.97. The van der Waals surface area contributed by atoms with Gasteiger partial charge in [-0.2, -0.15) is 0 Å². The van der Waals surface area contributed by atoms with E-state index in [-0.39, 0.29) is 11.8 Å². The van der Waals surface area contributed by atoms with Crippen LogP contribution in [0, 0.1) is 6.92 Å². The lowest BCUT2D eigenvalue weighted by molar-refractivity contribution is -0.120. The molecule has 0 radical (unpaired) electrons. The maximum absolute atomic E-state index is 13.8. The first kappa shape index (κ1) is 28.0. The number of nitrogens with zero attached hydrogens (tertiary/aromatic N) is 4. The second-order valence-electron chi connectivity index (χ2n) is 10.1. The van der Waals surface area contributed by atoms with Gasteiger partial charge in [0.25, 0.3) is 5.91 Å². The molecule has 0 saturated carbocycles. The summed E-state index contributed by atoms with van der Waals surface area (Å²) >= 11 is 1.53. The number of hydrogen-bond donors (Lipinski definition) is 1. The van der Waals surface area contributed by atoms with E-state index in [4.69, 9.17) is 4.74 Å². The summed E-state index contributed by atoms with van der Waals surface area (Å²) in [4.78, 5) is 37.5. The average molecular weight is 538 g/mol. The zero-order valence-electron chi connectivity index (χ0n) is 23.1. The lowest BCUT2D eigenvalue weighted by Crippen LogP contribution is -2.45. The van der Waals surface area contributed by atoms with Crippen molar-refractivity contribution in [1.82, 2.24) is 25.0 Å². The fourth-order valence-corrected chi connectivity index (χ4v) is 6.19. The van der Waals surface area contributed by atoms with Crippen LogP contribution in [0.3, 0.4) is 0 Å². The van der Waals surface area contributed by atoms with Crippen molar-refractivity contribution < 1.29 is 14.3 Å². The Labute approximate surface area is 229 Å². The van der Waals surface area contributed by atoms with Gasteiger partial charge in [0, 0.05) is 55.6 Å². The number of benzene rings is 1. The van der Waals surface area contributed by atoms with Gasteiger partial charge in [-0.3, -0.25) is 14.6 Å². The quantitative estimate of drug-likeness (QED) is 0.423. The topological polar surface area (TPSA) is 78.0 Å². The third kappa shape index (κ3) is 6.51. The predicted octanol–water partition coefficient (Wildman–Crippen LogP) is 3.88. The number of ether oxygens (including phenoxy) is 1. The summed E-state index contributed by atoms with van der Waals surface area (Å²) in [5.74, 6) is 0.651. The van der Waals surface area contributed by atoms with Crippen molar-refractivity contribution in [2.75, 3.05) is 61.0 Å². The molecule has 3 heterocycles. The molecule has 0 spiro atoms. The highest BCUT2D eigenvalue weighted by Gasteiger charge is 2.25. The highest BCUT2D eigenvalue weighted by Crippen LogP contribution is 2.35.